The fraction of sp³-hybridized carbons (Fsp3) is 0.444. The van der Waals surface area contributed by atoms with E-state index in [2.05, 4.69) is 4.98 Å². The average molecular weight is 383 g/mol. The summed E-state index contributed by atoms with van der Waals surface area (Å²) in [6.07, 6.45) is 3.29. The number of halogens is 2. The molecular formula is C18H20ClFN2O4. The number of carbonyl (C=O) groups is 1. The van der Waals surface area contributed by atoms with Crippen LogP contribution in [0.5, 0.6) is 5.75 Å². The van der Waals surface area contributed by atoms with Crippen LogP contribution < -0.4 is 4.74 Å². The zero-order valence-corrected chi connectivity index (χ0v) is 15.1. The number of likely N-dealkylation sites (tertiary alicyclic amines) is 1. The molecule has 2 heterocycles. The van der Waals surface area contributed by atoms with Crippen molar-refractivity contribution in [3.05, 3.63) is 46.9 Å². The molecule has 2 aromatic rings. The Kier molecular flexibility index (Phi) is 5.48. The van der Waals surface area contributed by atoms with Gasteiger partial charge in [0.15, 0.2) is 12.3 Å². The molecule has 0 unspecified atom stereocenters. The number of piperidine rings is 1. The van der Waals surface area contributed by atoms with Gasteiger partial charge in [-0.3, -0.25) is 4.79 Å². The maximum absolute atomic E-state index is 13.0. The summed E-state index contributed by atoms with van der Waals surface area (Å²) in [5, 5.41) is 10.5. The first-order valence-electron chi connectivity index (χ1n) is 8.44. The van der Waals surface area contributed by atoms with Crippen LogP contribution in [0.2, 0.25) is 5.02 Å². The molecule has 8 heteroatoms. The van der Waals surface area contributed by atoms with Crippen LogP contribution in [0.25, 0.3) is 0 Å². The molecule has 0 bridgehead atoms. The fourth-order valence-corrected chi connectivity index (χ4v) is 3.17. The van der Waals surface area contributed by atoms with E-state index in [1.807, 2.05) is 6.92 Å². The van der Waals surface area contributed by atoms with Crippen LogP contribution in [0, 0.1) is 5.82 Å². The van der Waals surface area contributed by atoms with Crippen molar-refractivity contribution < 1.29 is 23.4 Å². The monoisotopic (exact) mass is 382 g/mol. The van der Waals surface area contributed by atoms with Crippen LogP contribution in [0.3, 0.4) is 0 Å². The Labute approximate surface area is 155 Å². The zero-order chi connectivity index (χ0) is 18.7. The molecular weight excluding hydrogens is 363 g/mol. The van der Waals surface area contributed by atoms with Crippen molar-refractivity contribution in [3.63, 3.8) is 0 Å². The highest BCUT2D eigenvalue weighted by Gasteiger charge is 2.34. The van der Waals surface area contributed by atoms with E-state index >= 15 is 0 Å². The number of ether oxygens (including phenoxy) is 1. The molecule has 1 N–H and O–H groups in total. The van der Waals surface area contributed by atoms with Gasteiger partial charge in [0.05, 0.1) is 10.6 Å². The van der Waals surface area contributed by atoms with Crippen molar-refractivity contribution in [2.75, 3.05) is 13.1 Å². The molecule has 140 valence electrons. The number of benzene rings is 1. The van der Waals surface area contributed by atoms with E-state index in [0.717, 1.165) is 12.5 Å². The van der Waals surface area contributed by atoms with E-state index in [0.29, 0.717) is 25.1 Å². The summed E-state index contributed by atoms with van der Waals surface area (Å²) in [4.78, 5) is 18.3. The van der Waals surface area contributed by atoms with Crippen LogP contribution >= 0.6 is 11.6 Å². The third-order valence-corrected chi connectivity index (χ3v) is 4.81. The number of aliphatic hydroxyl groups is 1. The summed E-state index contributed by atoms with van der Waals surface area (Å²) in [6.45, 7) is 2.72. The first-order valence-corrected chi connectivity index (χ1v) is 8.82. The highest BCUT2D eigenvalue weighted by molar-refractivity contribution is 6.32. The summed E-state index contributed by atoms with van der Waals surface area (Å²) < 4.78 is 23.8. The summed E-state index contributed by atoms with van der Waals surface area (Å²) in [7, 11) is 0. The molecule has 6 nitrogen and oxygen atoms in total. The SMILES string of the molecule is CC[C@]1(O)CCCN(C(=O)c2coc(COc3ccc(F)cc3Cl)n2)C1. The lowest BCUT2D eigenvalue weighted by Gasteiger charge is -2.38. The van der Waals surface area contributed by atoms with E-state index in [1.54, 1.807) is 4.90 Å². The molecule has 0 spiro atoms. The highest BCUT2D eigenvalue weighted by Crippen LogP contribution is 2.27. The molecule has 0 aliphatic carbocycles. The number of β-amino-alcohol motifs (C(OH)–C–C–N with tert-alkyl or cyclic N) is 1. The second-order valence-corrected chi connectivity index (χ2v) is 6.81. The van der Waals surface area contributed by atoms with Crippen molar-refractivity contribution in [3.8, 4) is 5.75 Å². The number of aromatic nitrogens is 1. The minimum atomic E-state index is -0.844. The number of hydrogen-bond donors (Lipinski definition) is 1. The third-order valence-electron chi connectivity index (χ3n) is 4.52. The molecule has 0 radical (unpaired) electrons. The second kappa shape index (κ2) is 7.63. The lowest BCUT2D eigenvalue weighted by atomic mass is 9.90. The molecule has 1 saturated heterocycles. The van der Waals surface area contributed by atoms with Gasteiger partial charge < -0.3 is 19.2 Å². The number of hydrogen-bond acceptors (Lipinski definition) is 5. The van der Waals surface area contributed by atoms with Crippen molar-refractivity contribution in [1.29, 1.82) is 0 Å². The van der Waals surface area contributed by atoms with E-state index in [1.165, 1.54) is 18.4 Å². The Morgan fingerprint density at radius 2 is 2.35 bits per heavy atom. The van der Waals surface area contributed by atoms with E-state index in [-0.39, 0.29) is 35.7 Å². The van der Waals surface area contributed by atoms with Gasteiger partial charge >= 0.3 is 0 Å². The fourth-order valence-electron chi connectivity index (χ4n) is 2.94. The molecule has 1 fully saturated rings. The van der Waals surface area contributed by atoms with Crippen molar-refractivity contribution >= 4 is 17.5 Å². The second-order valence-electron chi connectivity index (χ2n) is 6.40. The van der Waals surface area contributed by atoms with Crippen LogP contribution in [0.1, 0.15) is 42.6 Å². The van der Waals surface area contributed by atoms with Gasteiger partial charge in [-0.25, -0.2) is 9.37 Å². The molecule has 1 aromatic carbocycles. The Hall–Kier alpha value is -2.12. The minimum absolute atomic E-state index is 0.0441. The van der Waals surface area contributed by atoms with Crippen molar-refractivity contribution in [2.24, 2.45) is 0 Å². The quantitative estimate of drug-likeness (QED) is 0.857. The molecule has 1 aliphatic heterocycles. The van der Waals surface area contributed by atoms with Crippen LogP contribution in [0.4, 0.5) is 4.39 Å². The predicted molar refractivity (Wildman–Crippen MR) is 92.6 cm³/mol. The first-order chi connectivity index (χ1) is 12.4. The molecule has 0 saturated carbocycles. The highest BCUT2D eigenvalue weighted by atomic mass is 35.5. The smallest absolute Gasteiger partial charge is 0.275 e. The first kappa shape index (κ1) is 18.7. The lowest BCUT2D eigenvalue weighted by molar-refractivity contribution is -0.0271. The topological polar surface area (TPSA) is 75.8 Å². The normalized spacial score (nSPS) is 20.2. The summed E-state index contributed by atoms with van der Waals surface area (Å²) in [6, 6.07) is 3.79. The van der Waals surface area contributed by atoms with Crippen LogP contribution in [0.15, 0.2) is 28.9 Å². The van der Waals surface area contributed by atoms with Gasteiger partial charge in [0.1, 0.15) is 17.8 Å². The average Bonchev–Trinajstić information content (AvgIpc) is 3.09. The molecule has 26 heavy (non-hydrogen) atoms. The Morgan fingerprint density at radius 1 is 1.54 bits per heavy atom. The summed E-state index contributed by atoms with van der Waals surface area (Å²) in [5.74, 6) is -0.244. The minimum Gasteiger partial charge on any atom is -0.482 e. The Balaban J connectivity index is 1.63. The van der Waals surface area contributed by atoms with Gasteiger partial charge in [-0.15, -0.1) is 0 Å². The number of oxazole rings is 1. The molecule has 1 atom stereocenters. The molecule has 1 aliphatic rings. The summed E-state index contributed by atoms with van der Waals surface area (Å²) in [5.41, 5.74) is -0.683. The molecule has 1 amide bonds. The number of amides is 1. The van der Waals surface area contributed by atoms with E-state index < -0.39 is 11.4 Å². The van der Waals surface area contributed by atoms with Gasteiger partial charge in [-0.05, 0) is 37.5 Å². The Morgan fingerprint density at radius 3 is 3.08 bits per heavy atom. The molecule has 3 rings (SSSR count). The predicted octanol–water partition coefficient (Wildman–Crippen LogP) is 3.42. The van der Waals surface area contributed by atoms with Gasteiger partial charge in [-0.2, -0.15) is 0 Å². The standard InChI is InChI=1S/C18H20ClFN2O4/c1-2-18(24)6-3-7-22(11-18)17(23)14-9-26-16(21-14)10-25-15-5-4-12(20)8-13(15)19/h4-5,8-9,24H,2-3,6-7,10-11H2,1H3/t18-/m0/s1. The third kappa shape index (κ3) is 4.16. The Bertz CT molecular complexity index is 797. The number of carbonyl (C=O) groups excluding carboxylic acids is 1. The van der Waals surface area contributed by atoms with Crippen molar-refractivity contribution in [1.82, 2.24) is 9.88 Å². The van der Waals surface area contributed by atoms with Crippen LogP contribution in [-0.2, 0) is 6.61 Å². The largest absolute Gasteiger partial charge is 0.482 e. The van der Waals surface area contributed by atoms with Gasteiger partial charge in [0.25, 0.3) is 5.91 Å². The lowest BCUT2D eigenvalue weighted by Crippen LogP contribution is -2.50. The number of rotatable bonds is 5. The molecule has 1 aromatic heterocycles. The van der Waals surface area contributed by atoms with E-state index in [9.17, 15) is 14.3 Å². The van der Waals surface area contributed by atoms with E-state index in [4.69, 9.17) is 20.8 Å². The summed E-state index contributed by atoms with van der Waals surface area (Å²) >= 11 is 5.89. The van der Waals surface area contributed by atoms with Gasteiger partial charge in [-0.1, -0.05) is 18.5 Å². The number of nitrogens with zero attached hydrogens (tertiary/aromatic N) is 2. The van der Waals surface area contributed by atoms with Gasteiger partial charge in [0.2, 0.25) is 5.89 Å². The maximum atomic E-state index is 13.0. The van der Waals surface area contributed by atoms with Crippen molar-refractivity contribution in [2.45, 2.75) is 38.4 Å². The maximum Gasteiger partial charge on any atom is 0.275 e. The van der Waals surface area contributed by atoms with Crippen LogP contribution in [-0.4, -0.2) is 39.6 Å². The zero-order valence-electron chi connectivity index (χ0n) is 14.4. The van der Waals surface area contributed by atoms with Gasteiger partial charge in [0, 0.05) is 13.1 Å².